The Morgan fingerprint density at radius 2 is 0.618 bits per heavy atom. The van der Waals surface area contributed by atoms with E-state index in [9.17, 15) is 46.8 Å². The molecule has 5 aromatic heterocycles. The number of nitrogens with zero attached hydrogens (tertiary/aromatic N) is 10. The predicted molar refractivity (Wildman–Crippen MR) is 462 cm³/mol. The number of methoxy groups -OCH3 is 5. The van der Waals surface area contributed by atoms with Gasteiger partial charge in [0, 0.05) is 58.3 Å². The average molecular weight is 1790 g/mol. The molecule has 10 aromatic rings. The maximum absolute atomic E-state index is 13.2. The minimum Gasteiger partial charge on any atom is -0.496 e. The molecule has 0 aliphatic rings. The lowest BCUT2D eigenvalue weighted by atomic mass is 9.99. The van der Waals surface area contributed by atoms with Crippen molar-refractivity contribution < 1.29 is 94.2 Å². The molecule has 15 N–H and O–H groups in total. The van der Waals surface area contributed by atoms with Gasteiger partial charge in [-0.1, -0.05) is 83.6 Å². The van der Waals surface area contributed by atoms with Crippen molar-refractivity contribution in [2.45, 2.75) is 167 Å². The number of sulfonamides is 2. The van der Waals surface area contributed by atoms with Crippen LogP contribution in [0.3, 0.4) is 0 Å². The molecule has 670 valence electrons. The number of nitrogens with two attached hydrogens (primary N) is 7. The van der Waals surface area contributed by atoms with Gasteiger partial charge in [-0.15, -0.1) is 0 Å². The molecule has 0 aliphatic heterocycles. The summed E-state index contributed by atoms with van der Waals surface area (Å²) in [6.45, 7) is 27.7. The zero-order valence-corrected chi connectivity index (χ0v) is 74.6. The molecule has 123 heavy (non-hydrogen) atoms. The number of rotatable bonds is 26. The zero-order chi connectivity index (χ0) is 91.8. The van der Waals surface area contributed by atoms with Crippen molar-refractivity contribution in [1.82, 2.24) is 54.6 Å². The lowest BCUT2D eigenvalue weighted by molar-refractivity contribution is -0.138. The summed E-state index contributed by atoms with van der Waals surface area (Å²) in [7, 11) is -6.53. The van der Waals surface area contributed by atoms with E-state index in [1.54, 1.807) is 58.9 Å². The maximum Gasteiger partial charge on any atom is 0.420 e. The number of aromatic nitrogens is 10. The van der Waals surface area contributed by atoms with Crippen molar-refractivity contribution in [3.05, 3.63) is 148 Å². The van der Waals surface area contributed by atoms with Gasteiger partial charge >= 0.3 is 6.18 Å². The molecule has 0 unspecified atom stereocenters. The first-order valence-electron chi connectivity index (χ1n) is 37.0. The fourth-order valence-electron chi connectivity index (χ4n) is 11.1. The molecule has 0 spiro atoms. The van der Waals surface area contributed by atoms with E-state index in [-0.39, 0.29) is 161 Å². The number of sulfone groups is 2. The number of nitrogens with one attached hydrogen (secondary N) is 1. The third-order valence-electron chi connectivity index (χ3n) is 17.4. The minimum absolute atomic E-state index is 0. The van der Waals surface area contributed by atoms with E-state index >= 15 is 0 Å². The van der Waals surface area contributed by atoms with Crippen LogP contribution in [0.5, 0.6) is 86.2 Å². The molecule has 10 rings (SSSR count). The first kappa shape index (κ1) is 101. The first-order chi connectivity index (χ1) is 56.8. The van der Waals surface area contributed by atoms with Gasteiger partial charge in [-0.05, 0) is 101 Å². The normalized spacial score (nSPS) is 11.5. The molecule has 0 bridgehead atoms. The molecule has 0 saturated carbocycles. The molecule has 36 nitrogen and oxygen atoms in total. The van der Waals surface area contributed by atoms with Crippen molar-refractivity contribution in [3.63, 3.8) is 0 Å². The molecular weight excluding hydrogens is 1690 g/mol. The van der Waals surface area contributed by atoms with E-state index in [2.05, 4.69) is 54.6 Å². The van der Waals surface area contributed by atoms with E-state index in [0.29, 0.717) is 51.9 Å². The highest BCUT2D eigenvalue weighted by Gasteiger charge is 2.37. The van der Waals surface area contributed by atoms with Gasteiger partial charge in [0.2, 0.25) is 26.0 Å². The monoisotopic (exact) mass is 1790 g/mol. The quantitative estimate of drug-likeness (QED) is 0.0250. The molecule has 0 radical (unpaired) electrons. The van der Waals surface area contributed by atoms with Crippen LogP contribution in [-0.2, 0) is 45.9 Å². The Morgan fingerprint density at radius 3 is 0.878 bits per heavy atom. The van der Waals surface area contributed by atoms with Crippen LogP contribution in [0.2, 0.25) is 0 Å². The van der Waals surface area contributed by atoms with Gasteiger partial charge in [0.1, 0.15) is 106 Å². The van der Waals surface area contributed by atoms with E-state index in [1.165, 1.54) is 104 Å². The van der Waals surface area contributed by atoms with Gasteiger partial charge in [-0.25, -0.2) is 88.4 Å². The van der Waals surface area contributed by atoms with Crippen molar-refractivity contribution >= 4 is 74.8 Å². The van der Waals surface area contributed by atoms with Gasteiger partial charge < -0.3 is 81.8 Å². The van der Waals surface area contributed by atoms with Crippen LogP contribution >= 0.6 is 0 Å². The minimum atomic E-state index is -4.58. The van der Waals surface area contributed by atoms with Crippen molar-refractivity contribution in [1.29, 1.82) is 0 Å². The van der Waals surface area contributed by atoms with Crippen LogP contribution in [0, 0.1) is 27.7 Å². The van der Waals surface area contributed by atoms with Crippen LogP contribution in [-0.4, -0.2) is 138 Å². The fourth-order valence-corrected chi connectivity index (χ4v) is 14.5. The number of ether oxygens (including phenoxy) is 10. The second-order valence-electron chi connectivity index (χ2n) is 28.1. The average Bonchev–Trinajstić information content (AvgIpc) is 0.816. The highest BCUT2D eigenvalue weighted by Crippen LogP contribution is 2.47. The van der Waals surface area contributed by atoms with Gasteiger partial charge in [0.15, 0.2) is 77.5 Å². The van der Waals surface area contributed by atoms with Crippen LogP contribution in [0.4, 0.5) is 48.2 Å². The molecule has 0 fully saturated rings. The van der Waals surface area contributed by atoms with Crippen molar-refractivity contribution in [2.75, 3.05) is 89.0 Å². The molecule has 0 aliphatic carbocycles. The Hall–Kier alpha value is -12.2. The van der Waals surface area contributed by atoms with Crippen LogP contribution in [0.25, 0.3) is 0 Å². The van der Waals surface area contributed by atoms with E-state index in [1.807, 2.05) is 69.2 Å². The Kier molecular flexibility index (Phi) is 35.1. The number of benzene rings is 5. The van der Waals surface area contributed by atoms with E-state index in [4.69, 9.17) is 86.9 Å². The summed E-state index contributed by atoms with van der Waals surface area (Å²) in [6.07, 6.45) is 3.58. The Bertz CT molecular complexity index is 5610. The van der Waals surface area contributed by atoms with Crippen molar-refractivity contribution in [2.24, 2.45) is 5.14 Å². The van der Waals surface area contributed by atoms with Crippen LogP contribution in [0.15, 0.2) is 111 Å². The van der Waals surface area contributed by atoms with Gasteiger partial charge in [-0.3, -0.25) is 0 Å². The number of hydrogen-bond donors (Lipinski definition) is 8. The largest absolute Gasteiger partial charge is 0.496 e. The molecule has 5 aromatic carbocycles. The Balaban J connectivity index is 0.000000273. The smallest absolute Gasteiger partial charge is 0.420 e. The number of nitrogen functional groups attached to an aromatic ring is 6. The predicted octanol–water partition coefficient (Wildman–Crippen LogP) is 14.1. The second kappa shape index (κ2) is 42.5. The lowest BCUT2D eigenvalue weighted by Gasteiger charge is -2.19. The number of primary sulfonamides is 1. The molecular formula is C80H107F3N18O18S4. The molecule has 0 atom stereocenters. The third-order valence-corrected chi connectivity index (χ3v) is 22.7. The molecule has 0 saturated heterocycles. The van der Waals surface area contributed by atoms with Gasteiger partial charge in [0.25, 0.3) is 0 Å². The summed E-state index contributed by atoms with van der Waals surface area (Å²) in [6, 6.07) is 14.4. The van der Waals surface area contributed by atoms with Crippen molar-refractivity contribution in [3.8, 4) is 86.2 Å². The molecule has 43 heteroatoms. The summed E-state index contributed by atoms with van der Waals surface area (Å²) < 4.78 is 194. The fraction of sp³-hybridized carbons (Fsp3) is 0.375. The standard InChI is InChI=1S/C16H18F3N3O2.2C16H22N4O4S.C16H21N3O4S.C15H20N4O4S.CH4/c1-8(2)10-5-13(23-4)11(16(17,18)19)6-12(10)24-14-7-21-9(3)22-15(14)20;1-9(2)11-6-13(23-5)15(25(21,22)18-4)7-12(11)24-14-8-19-10(3)20-16(14)17;1-5-25(21,22)14-7-11(10(9(2)3)6-12(14)23-4)24-13-8-19-16(18)20-15(13)17;1-9(2)11-6-13(22-4)15(24(5,20)21)7-12(11)23-14-8-18-10(3)19-16(14)17;1-8(2)10-5-12(22-4)14(24(17,20)21)6-11(10)23-13-7-18-9(3)19-15(13)16;/h5-8H,1-4H3,(H2,20,21,22);6-9,18H,1-5H3,(H2,17,19,20);6-9H,5H2,1-4H3,(H4,17,18,19,20);6-9H,1-5H3,(H2,17,18,19);5-8H,1-4H3,(H2,16,18,19)(H2,17,20,21);1H4. The number of anilines is 6. The van der Waals surface area contributed by atoms with E-state index < -0.39 is 51.5 Å². The number of alkyl halides is 3. The summed E-state index contributed by atoms with van der Waals surface area (Å²) in [4.78, 5) is 39.8. The highest BCUT2D eigenvalue weighted by atomic mass is 32.2. The van der Waals surface area contributed by atoms with E-state index in [0.717, 1.165) is 34.6 Å². The summed E-state index contributed by atoms with van der Waals surface area (Å²) in [5.74, 6) is 5.89. The summed E-state index contributed by atoms with van der Waals surface area (Å²) in [5.41, 5.74) is 37.3. The van der Waals surface area contributed by atoms with Gasteiger partial charge in [0.05, 0.1) is 72.3 Å². The zero-order valence-electron chi connectivity index (χ0n) is 71.4. The third kappa shape index (κ3) is 26.7. The van der Waals surface area contributed by atoms with Crippen LogP contribution in [0.1, 0.15) is 170 Å². The lowest BCUT2D eigenvalue weighted by Crippen LogP contribution is -2.19. The number of hydrogen-bond acceptors (Lipinski definition) is 34. The second-order valence-corrected chi connectivity index (χ2v) is 35.7. The maximum atomic E-state index is 13.2. The highest BCUT2D eigenvalue weighted by molar-refractivity contribution is 7.91. The number of halogens is 3. The summed E-state index contributed by atoms with van der Waals surface area (Å²) >= 11 is 0. The van der Waals surface area contributed by atoms with Gasteiger partial charge in [-0.2, -0.15) is 18.2 Å². The first-order valence-corrected chi connectivity index (χ1v) is 43.5. The van der Waals surface area contributed by atoms with Crippen LogP contribution < -0.4 is 91.6 Å². The molecule has 0 amide bonds. The Morgan fingerprint density at radius 1 is 0.366 bits per heavy atom. The SMILES string of the molecule is C.CCS(=O)(=O)c1cc(Oc2cnc(N)nc2N)c(C(C)C)cc1OC.CNS(=O)(=O)c1cc(Oc2cnc(C)nc2N)c(C(C)C)cc1OC.COc1cc(C(C)C)c(Oc2cnc(C)nc2N)cc1C(F)(F)F.COc1cc(C(C)C)c(Oc2cnc(C)nc2N)cc1S(C)(=O)=O.COc1cc(C(C)C)c(Oc2cnc(C)nc2N)cc1S(N)(=O)=O. The Labute approximate surface area is 714 Å². The summed E-state index contributed by atoms with van der Waals surface area (Å²) in [5, 5.41) is 5.26. The topological polar surface area (TPSA) is 552 Å². The number of aryl methyl sites for hydroxylation is 4. The molecule has 5 heterocycles.